The minimum Gasteiger partial charge on any atom is -0.497 e. The van der Waals surface area contributed by atoms with Gasteiger partial charge in [-0.1, -0.05) is 38.1 Å². The van der Waals surface area contributed by atoms with Gasteiger partial charge in [0.05, 0.1) is 24.1 Å². The van der Waals surface area contributed by atoms with E-state index >= 15 is 0 Å². The summed E-state index contributed by atoms with van der Waals surface area (Å²) in [6.07, 6.45) is 1.62. The lowest BCUT2D eigenvalue weighted by atomic mass is 10.0. The zero-order valence-corrected chi connectivity index (χ0v) is 22.5. The first kappa shape index (κ1) is 27.0. The summed E-state index contributed by atoms with van der Waals surface area (Å²) in [7, 11) is 1.55. The van der Waals surface area contributed by atoms with Crippen LogP contribution in [-0.2, 0) is 4.79 Å². The van der Waals surface area contributed by atoms with Crippen LogP contribution in [0.2, 0.25) is 0 Å². The Morgan fingerprint density at radius 3 is 2.47 bits per heavy atom. The molecule has 2 amide bonds. The molecule has 3 aromatic carbocycles. The van der Waals surface area contributed by atoms with Crippen molar-refractivity contribution in [1.82, 2.24) is 4.90 Å². The molecule has 196 valence electrons. The maximum Gasteiger partial charge on any atom is 0.343 e. The van der Waals surface area contributed by atoms with Crippen LogP contribution in [0.5, 0.6) is 17.2 Å². The molecule has 38 heavy (non-hydrogen) atoms. The molecule has 0 spiro atoms. The van der Waals surface area contributed by atoms with E-state index in [1.165, 1.54) is 4.90 Å². The van der Waals surface area contributed by atoms with Gasteiger partial charge in [0.1, 0.15) is 23.9 Å². The number of rotatable bonds is 9. The Labute approximate surface area is 226 Å². The molecule has 0 aromatic heterocycles. The summed E-state index contributed by atoms with van der Waals surface area (Å²) in [5.74, 6) is 1.13. The Bertz CT molecular complexity index is 1380. The second-order valence-electron chi connectivity index (χ2n) is 9.07. The summed E-state index contributed by atoms with van der Waals surface area (Å²) in [6, 6.07) is 19.4. The van der Waals surface area contributed by atoms with Crippen LogP contribution >= 0.6 is 11.8 Å². The summed E-state index contributed by atoms with van der Waals surface area (Å²) in [5, 5.41) is -0.347. The molecule has 0 radical (unpaired) electrons. The number of methoxy groups -OCH3 is 1. The quantitative estimate of drug-likeness (QED) is 0.178. The van der Waals surface area contributed by atoms with Gasteiger partial charge in [0.15, 0.2) is 0 Å². The number of benzene rings is 3. The van der Waals surface area contributed by atoms with Crippen molar-refractivity contribution in [2.45, 2.75) is 26.7 Å². The van der Waals surface area contributed by atoms with E-state index < -0.39 is 5.97 Å². The van der Waals surface area contributed by atoms with Gasteiger partial charge in [0.25, 0.3) is 11.1 Å². The van der Waals surface area contributed by atoms with Crippen molar-refractivity contribution in [3.63, 3.8) is 0 Å². The molecular weight excluding hydrogens is 502 g/mol. The van der Waals surface area contributed by atoms with Gasteiger partial charge < -0.3 is 14.2 Å². The third-order valence-electron chi connectivity index (χ3n) is 5.93. The molecule has 1 aliphatic rings. The van der Waals surface area contributed by atoms with Crippen LogP contribution in [0.15, 0.2) is 71.6 Å². The van der Waals surface area contributed by atoms with Gasteiger partial charge in [0.2, 0.25) is 0 Å². The fourth-order valence-corrected chi connectivity index (χ4v) is 4.76. The van der Waals surface area contributed by atoms with E-state index in [1.54, 1.807) is 61.7 Å². The van der Waals surface area contributed by atoms with E-state index in [0.717, 1.165) is 28.6 Å². The summed E-state index contributed by atoms with van der Waals surface area (Å²) < 4.78 is 16.6. The summed E-state index contributed by atoms with van der Waals surface area (Å²) in [5.41, 5.74) is 3.17. The zero-order chi connectivity index (χ0) is 27.2. The second-order valence-corrected chi connectivity index (χ2v) is 10.1. The van der Waals surface area contributed by atoms with Gasteiger partial charge in [-0.05, 0) is 89.8 Å². The maximum absolute atomic E-state index is 13.0. The number of esters is 1. The van der Waals surface area contributed by atoms with Gasteiger partial charge in [-0.15, -0.1) is 0 Å². The minimum atomic E-state index is -0.514. The van der Waals surface area contributed by atoms with Crippen LogP contribution in [0, 0.1) is 6.92 Å². The van der Waals surface area contributed by atoms with Gasteiger partial charge in [-0.25, -0.2) is 4.79 Å². The molecule has 1 heterocycles. The SMILES string of the molecule is COc1ccc(C(=O)Oc2cccc(/C=C3\SC(=O)N(CCOc4cc(C)ccc4C(C)C)C3=O)c2)cc1. The number of hydrogen-bond acceptors (Lipinski definition) is 7. The summed E-state index contributed by atoms with van der Waals surface area (Å²) >= 11 is 0.877. The minimum absolute atomic E-state index is 0.146. The Balaban J connectivity index is 1.40. The predicted octanol–water partition coefficient (Wildman–Crippen LogP) is 6.46. The number of nitrogens with zero attached hydrogens (tertiary/aromatic N) is 1. The molecule has 1 saturated heterocycles. The highest BCUT2D eigenvalue weighted by atomic mass is 32.2. The number of thioether (sulfide) groups is 1. The van der Waals surface area contributed by atoms with Crippen LogP contribution < -0.4 is 14.2 Å². The molecule has 0 aliphatic carbocycles. The topological polar surface area (TPSA) is 82.1 Å². The smallest absolute Gasteiger partial charge is 0.343 e. The van der Waals surface area contributed by atoms with Crippen LogP contribution in [0.1, 0.15) is 46.8 Å². The fourth-order valence-electron chi connectivity index (χ4n) is 3.90. The van der Waals surface area contributed by atoms with Crippen molar-refractivity contribution in [3.05, 3.63) is 93.9 Å². The first-order valence-corrected chi connectivity index (χ1v) is 13.0. The lowest BCUT2D eigenvalue weighted by molar-refractivity contribution is -0.123. The van der Waals surface area contributed by atoms with Gasteiger partial charge in [-0.2, -0.15) is 0 Å². The highest BCUT2D eigenvalue weighted by molar-refractivity contribution is 8.18. The Kier molecular flexibility index (Phi) is 8.53. The molecule has 0 bridgehead atoms. The summed E-state index contributed by atoms with van der Waals surface area (Å²) in [6.45, 7) is 6.52. The molecule has 0 atom stereocenters. The first-order chi connectivity index (χ1) is 18.2. The number of imide groups is 1. The van der Waals surface area contributed by atoms with E-state index in [9.17, 15) is 14.4 Å². The van der Waals surface area contributed by atoms with Crippen LogP contribution in [0.25, 0.3) is 6.08 Å². The predicted molar refractivity (Wildman–Crippen MR) is 148 cm³/mol. The van der Waals surface area contributed by atoms with Gasteiger partial charge in [-0.3, -0.25) is 14.5 Å². The van der Waals surface area contributed by atoms with Crippen LogP contribution in [-0.4, -0.2) is 42.3 Å². The third-order valence-corrected chi connectivity index (χ3v) is 6.84. The molecular formula is C30H29NO6S. The van der Waals surface area contributed by atoms with E-state index in [4.69, 9.17) is 14.2 Å². The van der Waals surface area contributed by atoms with Crippen molar-refractivity contribution < 1.29 is 28.6 Å². The number of ether oxygens (including phenoxy) is 3. The fraction of sp³-hybridized carbons (Fsp3) is 0.233. The number of carbonyl (C=O) groups is 3. The van der Waals surface area contributed by atoms with E-state index in [1.807, 2.05) is 25.1 Å². The molecule has 8 heteroatoms. The van der Waals surface area contributed by atoms with Crippen LogP contribution in [0.3, 0.4) is 0 Å². The number of aryl methyl sites for hydroxylation is 1. The number of amides is 2. The van der Waals surface area contributed by atoms with Crippen molar-refractivity contribution in [2.24, 2.45) is 0 Å². The molecule has 1 fully saturated rings. The van der Waals surface area contributed by atoms with E-state index in [0.29, 0.717) is 27.5 Å². The third kappa shape index (κ3) is 6.44. The molecule has 0 unspecified atom stereocenters. The van der Waals surface area contributed by atoms with E-state index in [2.05, 4.69) is 13.8 Å². The summed E-state index contributed by atoms with van der Waals surface area (Å²) in [4.78, 5) is 39.5. The monoisotopic (exact) mass is 531 g/mol. The average molecular weight is 532 g/mol. The normalized spacial score (nSPS) is 14.3. The molecule has 4 rings (SSSR count). The first-order valence-electron chi connectivity index (χ1n) is 12.2. The zero-order valence-electron chi connectivity index (χ0n) is 21.7. The van der Waals surface area contributed by atoms with Crippen LogP contribution in [0.4, 0.5) is 4.79 Å². The van der Waals surface area contributed by atoms with Crippen molar-refractivity contribution in [1.29, 1.82) is 0 Å². The highest BCUT2D eigenvalue weighted by Gasteiger charge is 2.34. The van der Waals surface area contributed by atoms with E-state index in [-0.39, 0.29) is 30.2 Å². The van der Waals surface area contributed by atoms with Gasteiger partial charge in [0, 0.05) is 0 Å². The Morgan fingerprint density at radius 2 is 1.76 bits per heavy atom. The Hall–Kier alpha value is -4.04. The standard InChI is InChI=1S/C30H29NO6S/c1-19(2)25-13-8-20(3)16-26(25)36-15-14-31-28(32)27(38-30(31)34)18-21-6-5-7-24(17-21)37-29(33)22-9-11-23(35-4)12-10-22/h5-13,16-19H,14-15H2,1-4H3/b27-18-. The molecule has 0 N–H and O–H groups in total. The lowest BCUT2D eigenvalue weighted by Gasteiger charge is -2.17. The largest absolute Gasteiger partial charge is 0.497 e. The second kappa shape index (κ2) is 12.0. The molecule has 7 nitrogen and oxygen atoms in total. The van der Waals surface area contributed by atoms with Crippen molar-refractivity contribution in [3.8, 4) is 17.2 Å². The van der Waals surface area contributed by atoms with Crippen molar-refractivity contribution >= 4 is 35.0 Å². The number of hydrogen-bond donors (Lipinski definition) is 0. The molecule has 0 saturated carbocycles. The maximum atomic E-state index is 13.0. The molecule has 1 aliphatic heterocycles. The van der Waals surface area contributed by atoms with Crippen molar-refractivity contribution in [2.75, 3.05) is 20.3 Å². The molecule has 3 aromatic rings. The number of carbonyl (C=O) groups excluding carboxylic acids is 3. The van der Waals surface area contributed by atoms with Gasteiger partial charge >= 0.3 is 5.97 Å². The average Bonchev–Trinajstić information content (AvgIpc) is 3.16. The highest BCUT2D eigenvalue weighted by Crippen LogP contribution is 2.33. The Morgan fingerprint density at radius 1 is 1.00 bits per heavy atom. The lowest BCUT2D eigenvalue weighted by Crippen LogP contribution is -2.32.